The highest BCUT2D eigenvalue weighted by molar-refractivity contribution is 4.86. The Kier molecular flexibility index (Phi) is 5.42. The molecule has 2 fully saturated rings. The molecule has 4 heteroatoms. The zero-order valence-electron chi connectivity index (χ0n) is 12.2. The van der Waals surface area contributed by atoms with Crippen LogP contribution in [0, 0.1) is 0 Å². The maximum Gasteiger partial charge on any atom is 0.0630 e. The summed E-state index contributed by atoms with van der Waals surface area (Å²) in [6.07, 6.45) is 5.41. The van der Waals surface area contributed by atoms with Gasteiger partial charge in [-0.3, -0.25) is 4.90 Å². The van der Waals surface area contributed by atoms with Crippen LogP contribution in [0.3, 0.4) is 0 Å². The minimum absolute atomic E-state index is 0.504. The summed E-state index contributed by atoms with van der Waals surface area (Å²) in [5.41, 5.74) is 0. The quantitative estimate of drug-likeness (QED) is 0.694. The average molecular weight is 255 g/mol. The molecule has 4 nitrogen and oxygen atoms in total. The number of nitrogens with one attached hydrogen (secondary N) is 1. The highest BCUT2D eigenvalue weighted by Crippen LogP contribution is 2.19. The Labute approximate surface area is 112 Å². The van der Waals surface area contributed by atoms with Gasteiger partial charge in [-0.2, -0.15) is 0 Å². The number of hydrogen-bond acceptors (Lipinski definition) is 4. The molecular weight excluding hydrogens is 226 g/mol. The van der Waals surface area contributed by atoms with E-state index < -0.39 is 0 Å². The van der Waals surface area contributed by atoms with E-state index in [0.717, 1.165) is 31.8 Å². The average Bonchev–Trinajstić information content (AvgIpc) is 3.09. The van der Waals surface area contributed by atoms with E-state index in [9.17, 15) is 0 Å². The molecule has 1 heterocycles. The maximum absolute atomic E-state index is 5.37. The molecule has 1 aliphatic heterocycles. The van der Waals surface area contributed by atoms with Crippen LogP contribution in [0.5, 0.6) is 0 Å². The van der Waals surface area contributed by atoms with Gasteiger partial charge in [0.2, 0.25) is 0 Å². The fraction of sp³-hybridized carbons (Fsp3) is 1.00. The van der Waals surface area contributed by atoms with Gasteiger partial charge in [0.05, 0.1) is 6.61 Å². The van der Waals surface area contributed by atoms with Gasteiger partial charge < -0.3 is 15.0 Å². The summed E-state index contributed by atoms with van der Waals surface area (Å²) in [6.45, 7) is 4.31. The van der Waals surface area contributed by atoms with Crippen molar-refractivity contribution in [2.24, 2.45) is 0 Å². The predicted octanol–water partition coefficient (Wildman–Crippen LogP) is 0.779. The van der Waals surface area contributed by atoms with Gasteiger partial charge in [0, 0.05) is 38.3 Å². The van der Waals surface area contributed by atoms with Crippen LogP contribution in [0.2, 0.25) is 0 Å². The van der Waals surface area contributed by atoms with E-state index in [-0.39, 0.29) is 0 Å². The van der Waals surface area contributed by atoms with Crippen LogP contribution in [-0.2, 0) is 4.74 Å². The molecule has 1 N–H and O–H groups in total. The molecule has 0 bridgehead atoms. The number of likely N-dealkylation sites (tertiary alicyclic amines) is 1. The van der Waals surface area contributed by atoms with Crippen LogP contribution < -0.4 is 5.32 Å². The van der Waals surface area contributed by atoms with E-state index in [0.29, 0.717) is 6.04 Å². The van der Waals surface area contributed by atoms with Crippen LogP contribution >= 0.6 is 0 Å². The molecule has 0 aromatic carbocycles. The van der Waals surface area contributed by atoms with Crippen LogP contribution in [0.15, 0.2) is 0 Å². The van der Waals surface area contributed by atoms with Gasteiger partial charge >= 0.3 is 0 Å². The first-order valence-corrected chi connectivity index (χ1v) is 7.33. The van der Waals surface area contributed by atoms with Crippen molar-refractivity contribution < 1.29 is 4.74 Å². The van der Waals surface area contributed by atoms with E-state index in [4.69, 9.17) is 4.74 Å². The Morgan fingerprint density at radius 1 is 1.39 bits per heavy atom. The summed E-state index contributed by atoms with van der Waals surface area (Å²) in [5, 5.41) is 3.62. The molecule has 0 radical (unpaired) electrons. The SMILES string of the molecule is COCC(CNC1CC1)N(C)CC1CCCN1C. The topological polar surface area (TPSA) is 27.7 Å². The van der Waals surface area contributed by atoms with Gasteiger partial charge in [-0.25, -0.2) is 0 Å². The second-order valence-electron chi connectivity index (χ2n) is 6.01. The van der Waals surface area contributed by atoms with E-state index in [1.54, 1.807) is 7.11 Å². The maximum atomic E-state index is 5.37. The van der Waals surface area contributed by atoms with Gasteiger partial charge in [-0.05, 0) is 46.3 Å². The van der Waals surface area contributed by atoms with E-state index >= 15 is 0 Å². The van der Waals surface area contributed by atoms with Crippen molar-refractivity contribution in [3.8, 4) is 0 Å². The second-order valence-corrected chi connectivity index (χ2v) is 6.01. The number of ether oxygens (including phenoxy) is 1. The third-order valence-electron chi connectivity index (χ3n) is 4.37. The molecular formula is C14H29N3O. The van der Waals surface area contributed by atoms with Crippen LogP contribution in [0.25, 0.3) is 0 Å². The first kappa shape index (κ1) is 14.3. The Bertz CT molecular complexity index is 245. The molecule has 0 spiro atoms. The van der Waals surface area contributed by atoms with Gasteiger partial charge in [-0.15, -0.1) is 0 Å². The summed E-state index contributed by atoms with van der Waals surface area (Å²) in [7, 11) is 6.30. The van der Waals surface area contributed by atoms with Crippen molar-refractivity contribution in [2.45, 2.75) is 43.8 Å². The number of rotatable bonds is 8. The van der Waals surface area contributed by atoms with Crippen molar-refractivity contribution >= 4 is 0 Å². The molecule has 2 unspecified atom stereocenters. The first-order chi connectivity index (χ1) is 8.70. The Morgan fingerprint density at radius 2 is 2.17 bits per heavy atom. The molecule has 1 saturated carbocycles. The van der Waals surface area contributed by atoms with Crippen molar-refractivity contribution in [2.75, 3.05) is 47.4 Å². The number of likely N-dealkylation sites (N-methyl/N-ethyl adjacent to an activating group) is 2. The first-order valence-electron chi connectivity index (χ1n) is 7.33. The van der Waals surface area contributed by atoms with E-state index in [1.165, 1.54) is 32.2 Å². The second kappa shape index (κ2) is 6.85. The lowest BCUT2D eigenvalue weighted by Gasteiger charge is -2.32. The van der Waals surface area contributed by atoms with E-state index in [2.05, 4.69) is 29.2 Å². The predicted molar refractivity (Wildman–Crippen MR) is 75.0 cm³/mol. The monoisotopic (exact) mass is 255 g/mol. The number of nitrogens with zero attached hydrogens (tertiary/aromatic N) is 2. The smallest absolute Gasteiger partial charge is 0.0630 e. The van der Waals surface area contributed by atoms with Gasteiger partial charge in [0.1, 0.15) is 0 Å². The summed E-state index contributed by atoms with van der Waals surface area (Å²) >= 11 is 0. The summed E-state index contributed by atoms with van der Waals surface area (Å²) in [4.78, 5) is 4.97. The van der Waals surface area contributed by atoms with Gasteiger partial charge in [0.25, 0.3) is 0 Å². The Balaban J connectivity index is 1.75. The van der Waals surface area contributed by atoms with Gasteiger partial charge in [-0.1, -0.05) is 0 Å². The molecule has 2 atom stereocenters. The third-order valence-corrected chi connectivity index (χ3v) is 4.37. The van der Waals surface area contributed by atoms with Crippen LogP contribution in [0.1, 0.15) is 25.7 Å². The molecule has 2 aliphatic rings. The summed E-state index contributed by atoms with van der Waals surface area (Å²) in [6, 6.07) is 2.02. The van der Waals surface area contributed by atoms with Crippen molar-refractivity contribution in [3.63, 3.8) is 0 Å². The standard InChI is InChI=1S/C14H29N3O/c1-16-8-4-5-13(16)10-17(2)14(11-18-3)9-15-12-6-7-12/h12-15H,4-11H2,1-3H3. The molecule has 106 valence electrons. The minimum atomic E-state index is 0.504. The van der Waals surface area contributed by atoms with Crippen molar-refractivity contribution in [3.05, 3.63) is 0 Å². The summed E-state index contributed by atoms with van der Waals surface area (Å²) < 4.78 is 5.37. The number of hydrogen-bond donors (Lipinski definition) is 1. The lowest BCUT2D eigenvalue weighted by Crippen LogP contribution is -2.48. The van der Waals surface area contributed by atoms with Crippen molar-refractivity contribution in [1.82, 2.24) is 15.1 Å². The largest absolute Gasteiger partial charge is 0.383 e. The fourth-order valence-corrected chi connectivity index (χ4v) is 2.82. The fourth-order valence-electron chi connectivity index (χ4n) is 2.82. The van der Waals surface area contributed by atoms with E-state index in [1.807, 2.05) is 0 Å². The Hall–Kier alpha value is -0.160. The highest BCUT2D eigenvalue weighted by Gasteiger charge is 2.27. The molecule has 18 heavy (non-hydrogen) atoms. The van der Waals surface area contributed by atoms with Crippen molar-refractivity contribution in [1.29, 1.82) is 0 Å². The zero-order valence-corrected chi connectivity index (χ0v) is 12.2. The molecule has 0 aromatic rings. The molecule has 1 aliphatic carbocycles. The lowest BCUT2D eigenvalue weighted by molar-refractivity contribution is 0.0902. The molecule has 0 aromatic heterocycles. The lowest BCUT2D eigenvalue weighted by atomic mass is 10.2. The third kappa shape index (κ3) is 4.19. The normalized spacial score (nSPS) is 27.0. The number of methoxy groups -OCH3 is 1. The highest BCUT2D eigenvalue weighted by atomic mass is 16.5. The summed E-state index contributed by atoms with van der Waals surface area (Å²) in [5.74, 6) is 0. The molecule has 2 rings (SSSR count). The van der Waals surface area contributed by atoms with Crippen LogP contribution in [0.4, 0.5) is 0 Å². The Morgan fingerprint density at radius 3 is 2.72 bits per heavy atom. The minimum Gasteiger partial charge on any atom is -0.383 e. The zero-order chi connectivity index (χ0) is 13.0. The molecule has 0 amide bonds. The molecule has 1 saturated heterocycles. The van der Waals surface area contributed by atoms with Gasteiger partial charge in [0.15, 0.2) is 0 Å². The van der Waals surface area contributed by atoms with Crippen LogP contribution in [-0.4, -0.2) is 75.4 Å².